The molecule has 3 N–H and O–H groups in total. The minimum Gasteiger partial charge on any atom is -0.410 e. The minimum absolute atomic E-state index is 0.0564. The second kappa shape index (κ2) is 5.11. The van der Waals surface area contributed by atoms with E-state index in [1.807, 2.05) is 6.92 Å². The molecule has 0 aliphatic heterocycles. The van der Waals surface area contributed by atoms with Crippen molar-refractivity contribution < 1.29 is 13.3 Å². The Morgan fingerprint density at radius 3 is 2.67 bits per heavy atom. The third kappa shape index (κ3) is 2.92. The van der Waals surface area contributed by atoms with Crippen molar-refractivity contribution in [2.75, 3.05) is 6.54 Å². The van der Waals surface area contributed by atoms with Gasteiger partial charge in [-0.05, 0) is 18.6 Å². The maximum Gasteiger partial charge on any atom is 0.244 e. The van der Waals surface area contributed by atoms with Gasteiger partial charge in [-0.25, -0.2) is 13.1 Å². The number of benzene rings is 1. The molecule has 1 aromatic rings. The summed E-state index contributed by atoms with van der Waals surface area (Å²) in [7, 11) is -3.52. The summed E-state index contributed by atoms with van der Waals surface area (Å²) in [4.78, 5) is 4.55. The summed E-state index contributed by atoms with van der Waals surface area (Å²) < 4.78 is 25.9. The maximum atomic E-state index is 11.7. The lowest BCUT2D eigenvalue weighted by Crippen LogP contribution is -2.25. The number of hydrogen-bond donors (Lipinski definition) is 2. The molecular weight excluding hydrogens is 216 g/mol. The molecule has 6 heteroatoms. The quantitative estimate of drug-likeness (QED) is 0.727. The van der Waals surface area contributed by atoms with E-state index in [0.29, 0.717) is 6.54 Å². The molecule has 0 spiro atoms. The van der Waals surface area contributed by atoms with Crippen molar-refractivity contribution in [2.45, 2.75) is 18.2 Å². The van der Waals surface area contributed by atoms with Gasteiger partial charge in [0.05, 0.1) is 0 Å². The number of rotatable bonds is 5. The largest absolute Gasteiger partial charge is 0.410 e. The first-order chi connectivity index (χ1) is 7.11. The van der Waals surface area contributed by atoms with Crippen LogP contribution in [0.4, 0.5) is 0 Å². The van der Waals surface area contributed by atoms with Gasteiger partial charge < -0.3 is 4.84 Å². The second-order valence-electron chi connectivity index (χ2n) is 2.96. The molecule has 0 bridgehead atoms. The fourth-order valence-corrected chi connectivity index (χ4v) is 2.35. The van der Waals surface area contributed by atoms with Gasteiger partial charge in [0.25, 0.3) is 0 Å². The van der Waals surface area contributed by atoms with Crippen LogP contribution in [0.3, 0.4) is 0 Å². The van der Waals surface area contributed by atoms with Gasteiger partial charge >= 0.3 is 0 Å². The Morgan fingerprint density at radius 1 is 1.40 bits per heavy atom. The molecule has 5 nitrogen and oxygen atoms in total. The third-order valence-electron chi connectivity index (χ3n) is 1.81. The summed E-state index contributed by atoms with van der Waals surface area (Å²) in [6.45, 7) is 2.27. The number of hydrogen-bond acceptors (Lipinski definition) is 4. The van der Waals surface area contributed by atoms with Gasteiger partial charge in [-0.1, -0.05) is 19.1 Å². The lowest BCUT2D eigenvalue weighted by molar-refractivity contribution is 0.325. The van der Waals surface area contributed by atoms with Crippen LogP contribution in [0.5, 0.6) is 5.75 Å². The zero-order valence-electron chi connectivity index (χ0n) is 8.43. The Morgan fingerprint density at radius 2 is 2.07 bits per heavy atom. The first-order valence-electron chi connectivity index (χ1n) is 4.57. The molecule has 0 radical (unpaired) electrons. The van der Waals surface area contributed by atoms with Gasteiger partial charge in [-0.3, -0.25) is 0 Å². The van der Waals surface area contributed by atoms with E-state index in [9.17, 15) is 8.42 Å². The summed E-state index contributed by atoms with van der Waals surface area (Å²) in [5, 5.41) is 0. The first kappa shape index (κ1) is 12.0. The minimum atomic E-state index is -3.52. The predicted molar refractivity (Wildman–Crippen MR) is 56.7 cm³/mol. The first-order valence-corrected chi connectivity index (χ1v) is 6.05. The number of nitrogens with two attached hydrogens (primary N) is 1. The molecule has 0 unspecified atom stereocenters. The molecule has 84 valence electrons. The average molecular weight is 230 g/mol. The molecule has 0 atom stereocenters. The van der Waals surface area contributed by atoms with Crippen molar-refractivity contribution in [1.29, 1.82) is 0 Å². The Kier molecular flexibility index (Phi) is 4.07. The fraction of sp³-hybridized carbons (Fsp3) is 0.333. The highest BCUT2D eigenvalue weighted by Gasteiger charge is 2.17. The van der Waals surface area contributed by atoms with Gasteiger partial charge in [0, 0.05) is 6.54 Å². The molecule has 0 fully saturated rings. The molecule has 0 saturated carbocycles. The highest BCUT2D eigenvalue weighted by molar-refractivity contribution is 7.89. The highest BCUT2D eigenvalue weighted by Crippen LogP contribution is 2.21. The van der Waals surface area contributed by atoms with E-state index in [4.69, 9.17) is 5.90 Å². The molecule has 0 saturated heterocycles. The van der Waals surface area contributed by atoms with E-state index in [-0.39, 0.29) is 10.6 Å². The normalized spacial score (nSPS) is 11.3. The van der Waals surface area contributed by atoms with Crippen LogP contribution >= 0.6 is 0 Å². The standard InChI is InChI=1S/C9H14N2O3S/c1-2-7-11-15(12,13)9-6-4-3-5-8(9)14-10/h3-6,11H,2,7,10H2,1H3. The van der Waals surface area contributed by atoms with Crippen LogP contribution in [-0.4, -0.2) is 15.0 Å². The van der Waals surface area contributed by atoms with Gasteiger partial charge in [-0.2, -0.15) is 5.90 Å². The van der Waals surface area contributed by atoms with E-state index in [1.165, 1.54) is 12.1 Å². The van der Waals surface area contributed by atoms with Crippen LogP contribution in [0.2, 0.25) is 0 Å². The van der Waals surface area contributed by atoms with E-state index < -0.39 is 10.0 Å². The average Bonchev–Trinajstić information content (AvgIpc) is 2.26. The molecule has 0 aliphatic rings. The summed E-state index contributed by atoms with van der Waals surface area (Å²) in [6.07, 6.45) is 0.727. The van der Waals surface area contributed by atoms with Crippen LogP contribution < -0.4 is 15.5 Å². The van der Waals surface area contributed by atoms with Crippen molar-refractivity contribution in [3.05, 3.63) is 24.3 Å². The lowest BCUT2D eigenvalue weighted by atomic mass is 10.3. The maximum absolute atomic E-state index is 11.7. The van der Waals surface area contributed by atoms with E-state index in [0.717, 1.165) is 6.42 Å². The fourth-order valence-electron chi connectivity index (χ4n) is 1.08. The van der Waals surface area contributed by atoms with Crippen molar-refractivity contribution in [3.63, 3.8) is 0 Å². The summed E-state index contributed by atoms with van der Waals surface area (Å²) in [5.74, 6) is 5.12. The molecule has 0 amide bonds. The number of sulfonamides is 1. The van der Waals surface area contributed by atoms with Crippen LogP contribution in [0.1, 0.15) is 13.3 Å². The monoisotopic (exact) mass is 230 g/mol. The predicted octanol–water partition coefficient (Wildman–Crippen LogP) is 0.627. The highest BCUT2D eigenvalue weighted by atomic mass is 32.2. The van der Waals surface area contributed by atoms with Crippen molar-refractivity contribution in [3.8, 4) is 5.75 Å². The third-order valence-corrected chi connectivity index (χ3v) is 3.31. The molecule has 1 aromatic carbocycles. The SMILES string of the molecule is CCCNS(=O)(=O)c1ccccc1ON. The van der Waals surface area contributed by atoms with Crippen LogP contribution in [0, 0.1) is 0 Å². The molecule has 15 heavy (non-hydrogen) atoms. The van der Waals surface area contributed by atoms with E-state index >= 15 is 0 Å². The Hall–Kier alpha value is -1.11. The van der Waals surface area contributed by atoms with Crippen molar-refractivity contribution in [1.82, 2.24) is 4.72 Å². The summed E-state index contributed by atoms with van der Waals surface area (Å²) >= 11 is 0. The smallest absolute Gasteiger partial charge is 0.244 e. The van der Waals surface area contributed by atoms with Gasteiger partial charge in [0.15, 0.2) is 5.75 Å². The van der Waals surface area contributed by atoms with E-state index in [2.05, 4.69) is 9.56 Å². The molecule has 1 rings (SSSR count). The van der Waals surface area contributed by atoms with Gasteiger partial charge in [0.2, 0.25) is 10.0 Å². The Balaban J connectivity index is 3.04. The number of para-hydroxylation sites is 1. The number of nitrogens with one attached hydrogen (secondary N) is 1. The molecular formula is C9H14N2O3S. The van der Waals surface area contributed by atoms with Gasteiger partial charge in [0.1, 0.15) is 4.90 Å². The zero-order valence-corrected chi connectivity index (χ0v) is 9.25. The Bertz CT molecular complexity index is 417. The summed E-state index contributed by atoms with van der Waals surface area (Å²) in [6, 6.07) is 6.21. The van der Waals surface area contributed by atoms with Crippen LogP contribution in [0.15, 0.2) is 29.2 Å². The topological polar surface area (TPSA) is 81.4 Å². The lowest BCUT2D eigenvalue weighted by Gasteiger charge is -2.08. The van der Waals surface area contributed by atoms with Crippen LogP contribution in [0.25, 0.3) is 0 Å². The van der Waals surface area contributed by atoms with Crippen molar-refractivity contribution >= 4 is 10.0 Å². The molecule has 0 aromatic heterocycles. The van der Waals surface area contributed by atoms with Crippen molar-refractivity contribution in [2.24, 2.45) is 5.90 Å². The second-order valence-corrected chi connectivity index (χ2v) is 4.70. The molecule has 0 heterocycles. The Labute approximate surface area is 89.2 Å². The van der Waals surface area contributed by atoms with Gasteiger partial charge in [-0.15, -0.1) is 0 Å². The summed E-state index contributed by atoms with van der Waals surface area (Å²) in [5.41, 5.74) is 0. The zero-order chi connectivity index (χ0) is 11.3. The van der Waals surface area contributed by atoms with Crippen LogP contribution in [-0.2, 0) is 10.0 Å². The van der Waals surface area contributed by atoms with E-state index in [1.54, 1.807) is 12.1 Å². The molecule has 0 aliphatic carbocycles.